The van der Waals surface area contributed by atoms with E-state index in [-0.39, 0.29) is 18.9 Å². The Morgan fingerprint density at radius 2 is 1.44 bits per heavy atom. The summed E-state index contributed by atoms with van der Waals surface area (Å²) in [6.45, 7) is 1.69. The lowest BCUT2D eigenvalue weighted by molar-refractivity contribution is -0.149. The molecule has 0 aliphatic heterocycles. The minimum atomic E-state index is -0.902. The Bertz CT molecular complexity index is 1350. The van der Waals surface area contributed by atoms with Gasteiger partial charge in [0.05, 0.1) is 0 Å². The third kappa shape index (κ3) is 5.99. The third-order valence-corrected chi connectivity index (χ3v) is 6.03. The maximum absolute atomic E-state index is 13.0. The molecule has 36 heavy (non-hydrogen) atoms. The third-order valence-electron chi connectivity index (χ3n) is 6.03. The van der Waals surface area contributed by atoms with E-state index in [9.17, 15) is 14.4 Å². The van der Waals surface area contributed by atoms with E-state index in [0.717, 1.165) is 22.0 Å². The number of nitrogens with zero attached hydrogens (tertiary/aromatic N) is 1. The first-order chi connectivity index (χ1) is 17.4. The van der Waals surface area contributed by atoms with Crippen LogP contribution in [0.25, 0.3) is 10.9 Å². The Hall–Kier alpha value is -4.39. The summed E-state index contributed by atoms with van der Waals surface area (Å²) < 4.78 is 7.28. The number of aromatic nitrogens is 1. The molecule has 7 heteroatoms. The first-order valence-corrected chi connectivity index (χ1v) is 11.8. The van der Waals surface area contributed by atoms with Gasteiger partial charge < -0.3 is 19.9 Å². The molecule has 2 atom stereocenters. The molecular formula is C29H29N3O4. The molecule has 0 radical (unpaired) electrons. The van der Waals surface area contributed by atoms with E-state index in [0.29, 0.717) is 5.69 Å². The van der Waals surface area contributed by atoms with E-state index in [2.05, 4.69) is 10.6 Å². The predicted octanol–water partition coefficient (Wildman–Crippen LogP) is 3.77. The zero-order valence-corrected chi connectivity index (χ0v) is 20.3. The van der Waals surface area contributed by atoms with Crippen LogP contribution in [-0.2, 0) is 34.4 Å². The zero-order chi connectivity index (χ0) is 25.5. The lowest BCUT2D eigenvalue weighted by Crippen LogP contribution is -2.51. The van der Waals surface area contributed by atoms with Crippen molar-refractivity contribution in [1.29, 1.82) is 0 Å². The Morgan fingerprint density at radius 1 is 0.833 bits per heavy atom. The second-order valence-electron chi connectivity index (χ2n) is 8.69. The molecule has 0 fully saturated rings. The fourth-order valence-corrected chi connectivity index (χ4v) is 4.01. The SMILES string of the molecule is C[C@H](NC(=O)c1cc2ccccc2n1C)C(=O)N[C@@H](Cc1ccccc1)C(=O)OCc1ccccc1. The monoisotopic (exact) mass is 483 g/mol. The average Bonchev–Trinajstić information content (AvgIpc) is 3.24. The zero-order valence-electron chi connectivity index (χ0n) is 20.3. The van der Waals surface area contributed by atoms with Gasteiger partial charge in [-0.25, -0.2) is 4.79 Å². The minimum Gasteiger partial charge on any atom is -0.459 e. The van der Waals surface area contributed by atoms with Gasteiger partial charge in [0.1, 0.15) is 24.4 Å². The van der Waals surface area contributed by atoms with Crippen molar-refractivity contribution in [2.24, 2.45) is 7.05 Å². The molecule has 1 aromatic heterocycles. The van der Waals surface area contributed by atoms with Crippen LogP contribution >= 0.6 is 0 Å². The number of rotatable bonds is 9. The number of esters is 1. The van der Waals surface area contributed by atoms with Crippen LogP contribution in [0.2, 0.25) is 0 Å². The van der Waals surface area contributed by atoms with E-state index >= 15 is 0 Å². The molecular weight excluding hydrogens is 454 g/mol. The van der Waals surface area contributed by atoms with Crippen LogP contribution in [0.3, 0.4) is 0 Å². The van der Waals surface area contributed by atoms with Crippen molar-refractivity contribution >= 4 is 28.7 Å². The first-order valence-electron chi connectivity index (χ1n) is 11.8. The largest absolute Gasteiger partial charge is 0.459 e. The molecule has 1 heterocycles. The molecule has 184 valence electrons. The van der Waals surface area contributed by atoms with Gasteiger partial charge in [-0.15, -0.1) is 0 Å². The summed E-state index contributed by atoms with van der Waals surface area (Å²) in [5.41, 5.74) is 3.10. The number of carbonyl (C=O) groups excluding carboxylic acids is 3. The van der Waals surface area contributed by atoms with Gasteiger partial charge in [-0.3, -0.25) is 9.59 Å². The van der Waals surface area contributed by atoms with Gasteiger partial charge >= 0.3 is 5.97 Å². The Balaban J connectivity index is 1.43. The highest BCUT2D eigenvalue weighted by molar-refractivity contribution is 6.01. The minimum absolute atomic E-state index is 0.105. The van der Waals surface area contributed by atoms with E-state index in [4.69, 9.17) is 4.74 Å². The van der Waals surface area contributed by atoms with E-state index in [1.165, 1.54) is 0 Å². The van der Waals surface area contributed by atoms with Gasteiger partial charge in [0.25, 0.3) is 5.91 Å². The second-order valence-corrected chi connectivity index (χ2v) is 8.69. The highest BCUT2D eigenvalue weighted by Crippen LogP contribution is 2.18. The van der Waals surface area contributed by atoms with Crippen LogP contribution in [0.1, 0.15) is 28.5 Å². The van der Waals surface area contributed by atoms with Crippen LogP contribution in [0.4, 0.5) is 0 Å². The molecule has 0 aliphatic carbocycles. The lowest BCUT2D eigenvalue weighted by atomic mass is 10.1. The van der Waals surface area contributed by atoms with Crippen LogP contribution in [0.5, 0.6) is 0 Å². The van der Waals surface area contributed by atoms with Crippen molar-refractivity contribution in [3.8, 4) is 0 Å². The highest BCUT2D eigenvalue weighted by atomic mass is 16.5. The van der Waals surface area contributed by atoms with Crippen molar-refractivity contribution in [2.75, 3.05) is 0 Å². The normalized spacial score (nSPS) is 12.5. The van der Waals surface area contributed by atoms with Crippen molar-refractivity contribution in [1.82, 2.24) is 15.2 Å². The number of benzene rings is 3. The van der Waals surface area contributed by atoms with Gasteiger partial charge in [0, 0.05) is 24.4 Å². The number of fused-ring (bicyclic) bond motifs is 1. The highest BCUT2D eigenvalue weighted by Gasteiger charge is 2.26. The van der Waals surface area contributed by atoms with Gasteiger partial charge in [0.15, 0.2) is 0 Å². The maximum atomic E-state index is 13.0. The number of amides is 2. The predicted molar refractivity (Wildman–Crippen MR) is 138 cm³/mol. The summed E-state index contributed by atoms with van der Waals surface area (Å²) in [7, 11) is 1.81. The number of nitrogens with one attached hydrogen (secondary N) is 2. The Morgan fingerprint density at radius 3 is 2.11 bits per heavy atom. The molecule has 4 aromatic rings. The summed E-state index contributed by atoms with van der Waals surface area (Å²) in [5, 5.41) is 6.44. The fourth-order valence-electron chi connectivity index (χ4n) is 4.01. The quantitative estimate of drug-likeness (QED) is 0.355. The molecule has 3 aromatic carbocycles. The summed E-state index contributed by atoms with van der Waals surface area (Å²) in [6, 6.07) is 26.4. The van der Waals surface area contributed by atoms with Gasteiger partial charge in [-0.1, -0.05) is 78.9 Å². The van der Waals surface area contributed by atoms with E-state index < -0.39 is 24.0 Å². The average molecular weight is 484 g/mol. The van der Waals surface area contributed by atoms with E-state index in [1.54, 1.807) is 24.6 Å². The second kappa shape index (κ2) is 11.4. The molecule has 0 aliphatic rings. The summed E-state index contributed by atoms with van der Waals surface area (Å²) in [6.07, 6.45) is 0.268. The summed E-state index contributed by atoms with van der Waals surface area (Å²) in [4.78, 5) is 38.9. The van der Waals surface area contributed by atoms with Crippen molar-refractivity contribution in [2.45, 2.75) is 32.0 Å². The number of ether oxygens (including phenoxy) is 1. The number of hydrogen-bond acceptors (Lipinski definition) is 4. The van der Waals surface area contributed by atoms with E-state index in [1.807, 2.05) is 84.9 Å². The van der Waals surface area contributed by atoms with Crippen molar-refractivity contribution < 1.29 is 19.1 Å². The molecule has 0 spiro atoms. The molecule has 0 unspecified atom stereocenters. The standard InChI is InChI=1S/C29H29N3O4/c1-20(30-28(34)26-18-23-15-9-10-16-25(23)32(26)2)27(33)31-24(17-21-11-5-3-6-12-21)29(35)36-19-22-13-7-4-8-14-22/h3-16,18,20,24H,17,19H2,1-2H3,(H,30,34)(H,31,33)/t20-,24-/m0/s1. The molecule has 4 rings (SSSR count). The number of aryl methyl sites for hydroxylation is 1. The molecule has 2 amide bonds. The fraction of sp³-hybridized carbons (Fsp3) is 0.207. The molecule has 0 saturated heterocycles. The van der Waals surface area contributed by atoms with Crippen LogP contribution in [-0.4, -0.2) is 34.4 Å². The Labute approximate surface area is 210 Å². The molecule has 0 bridgehead atoms. The molecule has 2 N–H and O–H groups in total. The van der Waals surface area contributed by atoms with Gasteiger partial charge in [-0.05, 0) is 30.2 Å². The van der Waals surface area contributed by atoms with Gasteiger partial charge in [0.2, 0.25) is 5.91 Å². The lowest BCUT2D eigenvalue weighted by Gasteiger charge is -2.21. The topological polar surface area (TPSA) is 89.4 Å². The number of para-hydroxylation sites is 1. The van der Waals surface area contributed by atoms with Crippen LogP contribution < -0.4 is 10.6 Å². The Kier molecular flexibility index (Phi) is 7.80. The van der Waals surface area contributed by atoms with Crippen molar-refractivity contribution in [3.63, 3.8) is 0 Å². The summed E-state index contributed by atoms with van der Waals surface area (Å²) in [5.74, 6) is -1.38. The van der Waals surface area contributed by atoms with Crippen LogP contribution in [0, 0.1) is 0 Å². The summed E-state index contributed by atoms with van der Waals surface area (Å²) >= 11 is 0. The van der Waals surface area contributed by atoms with Gasteiger partial charge in [-0.2, -0.15) is 0 Å². The molecule has 7 nitrogen and oxygen atoms in total. The first kappa shape index (κ1) is 24.7. The molecule has 0 saturated carbocycles. The maximum Gasteiger partial charge on any atom is 0.329 e. The van der Waals surface area contributed by atoms with Crippen molar-refractivity contribution in [3.05, 3.63) is 108 Å². The smallest absolute Gasteiger partial charge is 0.329 e. The van der Waals surface area contributed by atoms with Crippen LogP contribution in [0.15, 0.2) is 91.0 Å². The number of hydrogen-bond donors (Lipinski definition) is 2. The number of carbonyl (C=O) groups is 3.